The zero-order chi connectivity index (χ0) is 31.8. The Kier molecular flexibility index (Phi) is 8.90. The van der Waals surface area contributed by atoms with Gasteiger partial charge in [-0.05, 0) is 60.4 Å². The molecule has 0 unspecified atom stereocenters. The van der Waals surface area contributed by atoms with Gasteiger partial charge in [-0.1, -0.05) is 39.7 Å². The van der Waals surface area contributed by atoms with Gasteiger partial charge in [-0.2, -0.15) is 13.2 Å². The third kappa shape index (κ3) is 6.68. The fraction of sp³-hybridized carbons (Fsp3) is 0.300. The zero-order valence-corrected chi connectivity index (χ0v) is 25.4. The summed E-state index contributed by atoms with van der Waals surface area (Å²) in [6.45, 7) is -1.04. The standard InChI is InChI=1S/C30H25BrClF5N4O3/c1-41-23-13-24(44-15-25(33)34)20(27(42)39-19-5-3-18(31)4-6-19)12-22(23)40-26(41)11-17-10-16(2-7-21(17)32)14-38-28(43)29(8-9-29)30(35,36)37/h2-7,10,12-13,25H,8-9,11,14-15H2,1H3,(H,38,43)(H,39,42). The van der Waals surface area contributed by atoms with Crippen LogP contribution in [0.2, 0.25) is 5.02 Å². The minimum absolute atomic E-state index is 0.00813. The van der Waals surface area contributed by atoms with Gasteiger partial charge in [-0.3, -0.25) is 9.59 Å². The van der Waals surface area contributed by atoms with E-state index in [0.717, 1.165) is 4.47 Å². The number of carbonyl (C=O) groups is 2. The number of amides is 2. The number of fused-ring (bicyclic) bond motifs is 1. The summed E-state index contributed by atoms with van der Waals surface area (Å²) in [5, 5.41) is 5.48. The van der Waals surface area contributed by atoms with Crippen LogP contribution in [0.1, 0.15) is 40.2 Å². The van der Waals surface area contributed by atoms with E-state index in [-0.39, 0.29) is 37.1 Å². The van der Waals surface area contributed by atoms with Crippen LogP contribution < -0.4 is 15.4 Å². The molecule has 232 valence electrons. The lowest BCUT2D eigenvalue weighted by molar-refractivity contribution is -0.192. The third-order valence-corrected chi connectivity index (χ3v) is 8.32. The first-order valence-corrected chi connectivity index (χ1v) is 14.5. The molecule has 1 saturated carbocycles. The Bertz CT molecular complexity index is 1720. The summed E-state index contributed by atoms with van der Waals surface area (Å²) in [6.07, 6.45) is -7.65. The summed E-state index contributed by atoms with van der Waals surface area (Å²) in [7, 11) is 1.70. The normalized spacial score (nSPS) is 14.1. The summed E-state index contributed by atoms with van der Waals surface area (Å²) in [4.78, 5) is 30.1. The van der Waals surface area contributed by atoms with Crippen molar-refractivity contribution < 1.29 is 36.3 Å². The minimum atomic E-state index is -4.60. The van der Waals surface area contributed by atoms with Crippen molar-refractivity contribution in [1.29, 1.82) is 0 Å². The molecule has 2 amide bonds. The molecule has 7 nitrogen and oxygen atoms in total. The number of ether oxygens (including phenoxy) is 1. The van der Waals surface area contributed by atoms with E-state index in [4.69, 9.17) is 16.3 Å². The van der Waals surface area contributed by atoms with E-state index in [9.17, 15) is 31.5 Å². The highest BCUT2D eigenvalue weighted by molar-refractivity contribution is 9.10. The first-order chi connectivity index (χ1) is 20.8. The van der Waals surface area contributed by atoms with Crippen molar-refractivity contribution in [2.45, 2.75) is 38.4 Å². The molecule has 3 aromatic carbocycles. The molecule has 0 radical (unpaired) electrons. The third-order valence-electron chi connectivity index (χ3n) is 7.43. The van der Waals surface area contributed by atoms with Gasteiger partial charge in [0, 0.05) is 41.3 Å². The van der Waals surface area contributed by atoms with E-state index in [1.54, 1.807) is 54.1 Å². The van der Waals surface area contributed by atoms with Gasteiger partial charge in [0.2, 0.25) is 5.91 Å². The molecule has 1 aliphatic rings. The van der Waals surface area contributed by atoms with Gasteiger partial charge < -0.3 is 19.9 Å². The number of anilines is 1. The van der Waals surface area contributed by atoms with Crippen molar-refractivity contribution in [2.24, 2.45) is 12.5 Å². The fourth-order valence-electron chi connectivity index (χ4n) is 4.77. The van der Waals surface area contributed by atoms with Gasteiger partial charge >= 0.3 is 6.18 Å². The monoisotopic (exact) mass is 698 g/mol. The van der Waals surface area contributed by atoms with Crippen LogP contribution in [0, 0.1) is 5.41 Å². The molecule has 4 aromatic rings. The molecule has 5 rings (SSSR count). The van der Waals surface area contributed by atoms with Crippen LogP contribution in [0.3, 0.4) is 0 Å². The SMILES string of the molecule is Cn1c(Cc2cc(CNC(=O)C3(C(F)(F)F)CC3)ccc2Cl)nc2cc(C(=O)Nc3ccc(Br)cc3)c(OCC(F)F)cc21. The predicted octanol–water partition coefficient (Wildman–Crippen LogP) is 7.43. The van der Waals surface area contributed by atoms with Crippen molar-refractivity contribution >= 4 is 56.1 Å². The zero-order valence-electron chi connectivity index (χ0n) is 23.1. The van der Waals surface area contributed by atoms with Crippen LogP contribution in [-0.4, -0.2) is 40.6 Å². The maximum absolute atomic E-state index is 13.3. The molecule has 0 aliphatic heterocycles. The van der Waals surface area contributed by atoms with Crippen LogP contribution >= 0.6 is 27.5 Å². The fourth-order valence-corrected chi connectivity index (χ4v) is 5.22. The number of alkyl halides is 5. The number of nitrogens with zero attached hydrogens (tertiary/aromatic N) is 2. The molecule has 1 aliphatic carbocycles. The molecule has 0 bridgehead atoms. The van der Waals surface area contributed by atoms with Crippen molar-refractivity contribution in [3.05, 3.63) is 86.6 Å². The Hall–Kier alpha value is -3.71. The van der Waals surface area contributed by atoms with Crippen LogP contribution in [0.15, 0.2) is 59.1 Å². The molecule has 44 heavy (non-hydrogen) atoms. The Morgan fingerprint density at radius 3 is 2.45 bits per heavy atom. The quantitative estimate of drug-likeness (QED) is 0.169. The number of aryl methyl sites for hydroxylation is 1. The van der Waals surface area contributed by atoms with Crippen molar-refractivity contribution in [3.8, 4) is 5.75 Å². The summed E-state index contributed by atoms with van der Waals surface area (Å²) in [6, 6.07) is 14.6. The molecule has 1 fully saturated rings. The van der Waals surface area contributed by atoms with Crippen LogP contribution in [0.5, 0.6) is 5.75 Å². The highest BCUT2D eigenvalue weighted by atomic mass is 79.9. The largest absolute Gasteiger partial charge is 0.487 e. The molecule has 1 heterocycles. The number of aromatic nitrogens is 2. The van der Waals surface area contributed by atoms with Crippen LogP contribution in [0.25, 0.3) is 11.0 Å². The second kappa shape index (κ2) is 12.4. The van der Waals surface area contributed by atoms with Crippen molar-refractivity contribution in [2.75, 3.05) is 11.9 Å². The number of imidazole rings is 1. The van der Waals surface area contributed by atoms with Crippen LogP contribution in [-0.2, 0) is 24.8 Å². The highest BCUT2D eigenvalue weighted by Crippen LogP contribution is 2.57. The molecule has 0 saturated heterocycles. The van der Waals surface area contributed by atoms with Gasteiger partial charge in [0.15, 0.2) is 0 Å². The first kappa shape index (κ1) is 31.7. The van der Waals surface area contributed by atoms with Gasteiger partial charge in [0.1, 0.15) is 23.6 Å². The minimum Gasteiger partial charge on any atom is -0.487 e. The van der Waals surface area contributed by atoms with Gasteiger partial charge in [-0.25, -0.2) is 13.8 Å². The summed E-state index contributed by atoms with van der Waals surface area (Å²) < 4.78 is 73.7. The topological polar surface area (TPSA) is 85.2 Å². The molecule has 1 aromatic heterocycles. The number of carbonyl (C=O) groups excluding carboxylic acids is 2. The van der Waals surface area contributed by atoms with Gasteiger partial charge in [0.05, 0.1) is 16.6 Å². The highest BCUT2D eigenvalue weighted by Gasteiger charge is 2.68. The maximum Gasteiger partial charge on any atom is 0.403 e. The second-order valence-corrected chi connectivity index (χ2v) is 11.8. The molecule has 0 atom stereocenters. The first-order valence-electron chi connectivity index (χ1n) is 13.4. The molecule has 14 heteroatoms. The number of hydrogen-bond acceptors (Lipinski definition) is 4. The lowest BCUT2D eigenvalue weighted by Gasteiger charge is -2.18. The van der Waals surface area contributed by atoms with E-state index in [1.165, 1.54) is 12.1 Å². The van der Waals surface area contributed by atoms with Gasteiger partial charge in [-0.15, -0.1) is 0 Å². The van der Waals surface area contributed by atoms with E-state index in [2.05, 4.69) is 31.5 Å². The molecular weight excluding hydrogens is 675 g/mol. The average molecular weight is 700 g/mol. The molecule has 0 spiro atoms. The van der Waals surface area contributed by atoms with Gasteiger partial charge in [0.25, 0.3) is 12.3 Å². The number of benzene rings is 3. The molecule has 2 N–H and O–H groups in total. The van der Waals surface area contributed by atoms with Crippen molar-refractivity contribution in [3.63, 3.8) is 0 Å². The van der Waals surface area contributed by atoms with E-state index in [1.807, 2.05) is 0 Å². The van der Waals surface area contributed by atoms with E-state index >= 15 is 0 Å². The number of rotatable bonds is 10. The summed E-state index contributed by atoms with van der Waals surface area (Å²) in [5.74, 6) is -1.18. The number of hydrogen-bond donors (Lipinski definition) is 2. The Morgan fingerprint density at radius 2 is 1.82 bits per heavy atom. The number of nitrogens with one attached hydrogen (secondary N) is 2. The van der Waals surface area contributed by atoms with Crippen LogP contribution in [0.4, 0.5) is 27.6 Å². The smallest absolute Gasteiger partial charge is 0.403 e. The second-order valence-electron chi connectivity index (χ2n) is 10.5. The lowest BCUT2D eigenvalue weighted by atomic mass is 10.0. The Morgan fingerprint density at radius 1 is 1.11 bits per heavy atom. The van der Waals surface area contributed by atoms with E-state index in [0.29, 0.717) is 38.7 Å². The summed E-state index contributed by atoms with van der Waals surface area (Å²) >= 11 is 9.75. The average Bonchev–Trinajstić information content (AvgIpc) is 3.74. The van der Waals surface area contributed by atoms with E-state index < -0.39 is 36.4 Å². The Labute approximate surface area is 261 Å². The number of halogens is 7. The molecular formula is C30H25BrClF5N4O3. The lowest BCUT2D eigenvalue weighted by Crippen LogP contribution is -2.40. The predicted molar refractivity (Wildman–Crippen MR) is 158 cm³/mol. The summed E-state index contributed by atoms with van der Waals surface area (Å²) in [5.41, 5.74) is 0.215. The van der Waals surface area contributed by atoms with Crippen molar-refractivity contribution in [1.82, 2.24) is 14.9 Å². The maximum atomic E-state index is 13.3. The Balaban J connectivity index is 1.40.